The minimum atomic E-state index is -0.849. The van der Waals surface area contributed by atoms with E-state index in [2.05, 4.69) is 5.10 Å². The average molecular weight is 204 g/mol. The third-order valence-electron chi connectivity index (χ3n) is 2.48. The molecule has 0 spiro atoms. The second-order valence-electron chi connectivity index (χ2n) is 3.61. The van der Waals surface area contributed by atoms with Gasteiger partial charge in [-0.05, 0) is 18.6 Å². The van der Waals surface area contributed by atoms with Gasteiger partial charge in [-0.25, -0.2) is 0 Å². The maximum absolute atomic E-state index is 10.7. The molecule has 0 radical (unpaired) electrons. The van der Waals surface area contributed by atoms with Crippen LogP contribution in [0.1, 0.15) is 11.3 Å². The summed E-state index contributed by atoms with van der Waals surface area (Å²) in [5.74, 6) is -0.849. The van der Waals surface area contributed by atoms with E-state index < -0.39 is 5.97 Å². The zero-order valence-corrected chi connectivity index (χ0v) is 8.69. The SMILES string of the molecule is Cc1cccc2c1c(CC(=O)O)nn2C. The van der Waals surface area contributed by atoms with E-state index in [9.17, 15) is 4.79 Å². The Morgan fingerprint density at radius 1 is 1.53 bits per heavy atom. The zero-order valence-electron chi connectivity index (χ0n) is 8.69. The van der Waals surface area contributed by atoms with E-state index in [-0.39, 0.29) is 6.42 Å². The van der Waals surface area contributed by atoms with Gasteiger partial charge in [-0.15, -0.1) is 0 Å². The molecule has 15 heavy (non-hydrogen) atoms. The smallest absolute Gasteiger partial charge is 0.309 e. The third kappa shape index (κ3) is 1.58. The number of hydrogen-bond donors (Lipinski definition) is 1. The number of hydrogen-bond acceptors (Lipinski definition) is 2. The number of nitrogens with zero attached hydrogens (tertiary/aromatic N) is 2. The number of aryl methyl sites for hydroxylation is 2. The minimum absolute atomic E-state index is 0.0256. The molecule has 0 aliphatic rings. The molecule has 0 bridgehead atoms. The summed E-state index contributed by atoms with van der Waals surface area (Å²) in [4.78, 5) is 10.7. The highest BCUT2D eigenvalue weighted by Crippen LogP contribution is 2.21. The predicted octanol–water partition coefficient (Wildman–Crippen LogP) is 1.51. The first-order valence-electron chi connectivity index (χ1n) is 4.72. The van der Waals surface area contributed by atoms with Crippen LogP contribution in [0.4, 0.5) is 0 Å². The summed E-state index contributed by atoms with van der Waals surface area (Å²) in [6.07, 6.45) is -0.0256. The minimum Gasteiger partial charge on any atom is -0.481 e. The quantitative estimate of drug-likeness (QED) is 0.806. The van der Waals surface area contributed by atoms with Crippen molar-refractivity contribution in [1.82, 2.24) is 9.78 Å². The molecule has 4 nitrogen and oxygen atoms in total. The van der Waals surface area contributed by atoms with Crippen molar-refractivity contribution < 1.29 is 9.90 Å². The van der Waals surface area contributed by atoms with Crippen molar-refractivity contribution >= 4 is 16.9 Å². The van der Waals surface area contributed by atoms with E-state index in [0.29, 0.717) is 5.69 Å². The van der Waals surface area contributed by atoms with Gasteiger partial charge in [-0.2, -0.15) is 5.10 Å². The van der Waals surface area contributed by atoms with Gasteiger partial charge in [0.25, 0.3) is 0 Å². The summed E-state index contributed by atoms with van der Waals surface area (Å²) in [6, 6.07) is 5.86. The van der Waals surface area contributed by atoms with Crippen LogP contribution >= 0.6 is 0 Å². The summed E-state index contributed by atoms with van der Waals surface area (Å²) >= 11 is 0. The maximum atomic E-state index is 10.7. The van der Waals surface area contributed by atoms with Gasteiger partial charge in [0, 0.05) is 12.4 Å². The van der Waals surface area contributed by atoms with Gasteiger partial charge in [0.15, 0.2) is 0 Å². The van der Waals surface area contributed by atoms with Crippen molar-refractivity contribution in [3.8, 4) is 0 Å². The lowest BCUT2D eigenvalue weighted by Gasteiger charge is -1.97. The Hall–Kier alpha value is -1.84. The van der Waals surface area contributed by atoms with Crippen LogP contribution in [-0.2, 0) is 18.3 Å². The van der Waals surface area contributed by atoms with Gasteiger partial charge in [0.2, 0.25) is 0 Å². The first kappa shape index (κ1) is 9.71. The van der Waals surface area contributed by atoms with Crippen molar-refractivity contribution in [3.63, 3.8) is 0 Å². The lowest BCUT2D eigenvalue weighted by Crippen LogP contribution is -2.02. The molecule has 1 heterocycles. The molecule has 0 amide bonds. The Morgan fingerprint density at radius 3 is 2.93 bits per heavy atom. The maximum Gasteiger partial charge on any atom is 0.309 e. The fourth-order valence-corrected chi connectivity index (χ4v) is 1.85. The summed E-state index contributed by atoms with van der Waals surface area (Å²) in [5.41, 5.74) is 2.68. The molecule has 2 aromatic rings. The largest absolute Gasteiger partial charge is 0.481 e. The number of carboxylic acid groups (broad SMARTS) is 1. The molecule has 0 fully saturated rings. The van der Waals surface area contributed by atoms with E-state index in [1.54, 1.807) is 4.68 Å². The zero-order chi connectivity index (χ0) is 11.0. The van der Waals surface area contributed by atoms with Crippen LogP contribution in [0.15, 0.2) is 18.2 Å². The van der Waals surface area contributed by atoms with Crippen molar-refractivity contribution in [1.29, 1.82) is 0 Å². The van der Waals surface area contributed by atoms with Crippen molar-refractivity contribution in [2.45, 2.75) is 13.3 Å². The van der Waals surface area contributed by atoms with Crippen LogP contribution in [0.2, 0.25) is 0 Å². The number of rotatable bonds is 2. The summed E-state index contributed by atoms with van der Waals surface area (Å²) < 4.78 is 1.72. The second-order valence-corrected chi connectivity index (χ2v) is 3.61. The second kappa shape index (κ2) is 3.38. The van der Waals surface area contributed by atoms with Crippen LogP contribution in [-0.4, -0.2) is 20.9 Å². The average Bonchev–Trinajstić information content (AvgIpc) is 2.44. The van der Waals surface area contributed by atoms with E-state index in [0.717, 1.165) is 16.5 Å². The van der Waals surface area contributed by atoms with E-state index >= 15 is 0 Å². The summed E-state index contributed by atoms with van der Waals surface area (Å²) in [7, 11) is 1.83. The van der Waals surface area contributed by atoms with Gasteiger partial charge >= 0.3 is 5.97 Å². The molecule has 1 N–H and O–H groups in total. The van der Waals surface area contributed by atoms with Gasteiger partial charge < -0.3 is 5.11 Å². The highest BCUT2D eigenvalue weighted by Gasteiger charge is 2.12. The molecule has 0 aliphatic carbocycles. The molecular formula is C11H12N2O2. The van der Waals surface area contributed by atoms with Crippen LogP contribution in [0, 0.1) is 6.92 Å². The fraction of sp³-hybridized carbons (Fsp3) is 0.273. The van der Waals surface area contributed by atoms with E-state index in [4.69, 9.17) is 5.11 Å². The lowest BCUT2D eigenvalue weighted by molar-refractivity contribution is -0.136. The Morgan fingerprint density at radius 2 is 2.27 bits per heavy atom. The Balaban J connectivity index is 2.70. The van der Waals surface area contributed by atoms with Gasteiger partial charge in [-0.3, -0.25) is 9.48 Å². The van der Waals surface area contributed by atoms with Crippen molar-refractivity contribution in [3.05, 3.63) is 29.5 Å². The Labute approximate surface area is 87.1 Å². The number of aliphatic carboxylic acids is 1. The number of fused-ring (bicyclic) bond motifs is 1. The molecule has 0 aliphatic heterocycles. The summed E-state index contributed by atoms with van der Waals surface area (Å²) in [5, 5.41) is 14.0. The number of aromatic nitrogens is 2. The molecule has 2 rings (SSSR count). The molecule has 0 atom stereocenters. The predicted molar refractivity (Wildman–Crippen MR) is 56.8 cm³/mol. The monoisotopic (exact) mass is 204 g/mol. The van der Waals surface area contributed by atoms with Crippen LogP contribution in [0.5, 0.6) is 0 Å². The molecule has 0 saturated heterocycles. The standard InChI is InChI=1S/C11H12N2O2/c1-7-4-3-5-9-11(7)8(6-10(14)15)12-13(9)2/h3-5H,6H2,1-2H3,(H,14,15). The van der Waals surface area contributed by atoms with Gasteiger partial charge in [-0.1, -0.05) is 12.1 Å². The van der Waals surface area contributed by atoms with Gasteiger partial charge in [0.1, 0.15) is 0 Å². The Bertz CT molecular complexity index is 529. The summed E-state index contributed by atoms with van der Waals surface area (Å²) in [6.45, 7) is 1.97. The molecular weight excluding hydrogens is 192 g/mol. The van der Waals surface area contributed by atoms with Crippen LogP contribution in [0.25, 0.3) is 10.9 Å². The first-order chi connectivity index (χ1) is 7.09. The molecule has 1 aromatic carbocycles. The van der Waals surface area contributed by atoms with E-state index in [1.165, 1.54) is 0 Å². The topological polar surface area (TPSA) is 55.1 Å². The lowest BCUT2D eigenvalue weighted by atomic mass is 10.1. The molecule has 0 unspecified atom stereocenters. The molecule has 4 heteroatoms. The highest BCUT2D eigenvalue weighted by molar-refractivity contribution is 5.88. The highest BCUT2D eigenvalue weighted by atomic mass is 16.4. The van der Waals surface area contributed by atoms with Crippen molar-refractivity contribution in [2.24, 2.45) is 7.05 Å². The number of carboxylic acids is 1. The fourth-order valence-electron chi connectivity index (χ4n) is 1.85. The van der Waals surface area contributed by atoms with E-state index in [1.807, 2.05) is 32.2 Å². The molecule has 0 saturated carbocycles. The normalized spacial score (nSPS) is 10.8. The molecule has 78 valence electrons. The first-order valence-corrected chi connectivity index (χ1v) is 4.72. The third-order valence-corrected chi connectivity index (χ3v) is 2.48. The van der Waals surface area contributed by atoms with Crippen LogP contribution in [0.3, 0.4) is 0 Å². The molecule has 1 aromatic heterocycles. The van der Waals surface area contributed by atoms with Gasteiger partial charge in [0.05, 0.1) is 17.6 Å². The number of benzene rings is 1. The van der Waals surface area contributed by atoms with Crippen molar-refractivity contribution in [2.75, 3.05) is 0 Å². The Kier molecular flexibility index (Phi) is 2.19. The van der Waals surface area contributed by atoms with Crippen LogP contribution < -0.4 is 0 Å². The number of carbonyl (C=O) groups is 1.